The Morgan fingerprint density at radius 1 is 1.12 bits per heavy atom. The summed E-state index contributed by atoms with van der Waals surface area (Å²) in [4.78, 5) is 2.58. The predicted octanol–water partition coefficient (Wildman–Crippen LogP) is 2.25. The van der Waals surface area contributed by atoms with Crippen LogP contribution in [-0.4, -0.2) is 37.2 Å². The minimum Gasteiger partial charge on any atom is -0.379 e. The maximum atomic E-state index is 5.41. The number of fused-ring (bicyclic) bond motifs is 1. The van der Waals surface area contributed by atoms with Crippen molar-refractivity contribution in [3.8, 4) is 0 Å². The summed E-state index contributed by atoms with van der Waals surface area (Å²) in [5.74, 6) is 0. The summed E-state index contributed by atoms with van der Waals surface area (Å²) in [6, 6.07) is 7.39. The van der Waals surface area contributed by atoms with Crippen molar-refractivity contribution < 1.29 is 4.74 Å². The Hall–Kier alpha value is -0.380. The summed E-state index contributed by atoms with van der Waals surface area (Å²) >= 11 is 3.55. The SMILES string of the molecule is Brc1ccc2c(c1)C[C@H](N1CCOCC1)C2. The topological polar surface area (TPSA) is 12.5 Å². The fourth-order valence-corrected chi connectivity index (χ4v) is 3.17. The molecule has 1 aliphatic heterocycles. The second kappa shape index (κ2) is 4.47. The molecule has 0 unspecified atom stereocenters. The largest absolute Gasteiger partial charge is 0.379 e. The first kappa shape index (κ1) is 10.8. The summed E-state index contributed by atoms with van der Waals surface area (Å²) in [5.41, 5.74) is 3.05. The zero-order valence-corrected chi connectivity index (χ0v) is 10.9. The van der Waals surface area contributed by atoms with E-state index in [0.29, 0.717) is 6.04 Å². The fraction of sp³-hybridized carbons (Fsp3) is 0.538. The van der Waals surface area contributed by atoms with Crippen LogP contribution in [-0.2, 0) is 17.6 Å². The van der Waals surface area contributed by atoms with Crippen molar-refractivity contribution >= 4 is 15.9 Å². The molecule has 0 amide bonds. The second-order valence-corrected chi connectivity index (χ2v) is 5.54. The standard InChI is InChI=1S/C13H16BrNO/c14-12-2-1-10-8-13(9-11(10)7-12)15-3-5-16-6-4-15/h1-2,7,13H,3-6,8-9H2/t13-/m1/s1. The van der Waals surface area contributed by atoms with Crippen molar-refractivity contribution in [3.63, 3.8) is 0 Å². The molecule has 1 heterocycles. The summed E-state index contributed by atoms with van der Waals surface area (Å²) in [7, 11) is 0. The first-order chi connectivity index (χ1) is 7.83. The molecular formula is C13H16BrNO. The molecule has 3 heteroatoms. The third-order valence-electron chi connectivity index (χ3n) is 3.64. The quantitative estimate of drug-likeness (QED) is 0.783. The zero-order chi connectivity index (χ0) is 11.0. The van der Waals surface area contributed by atoms with Crippen LogP contribution in [0, 0.1) is 0 Å². The molecule has 1 fully saturated rings. The lowest BCUT2D eigenvalue weighted by Gasteiger charge is -2.32. The minimum atomic E-state index is 0.702. The Kier molecular flexibility index (Phi) is 3.01. The van der Waals surface area contributed by atoms with Crippen molar-refractivity contribution in [2.24, 2.45) is 0 Å². The van der Waals surface area contributed by atoms with E-state index in [4.69, 9.17) is 4.74 Å². The van der Waals surface area contributed by atoms with Gasteiger partial charge in [0, 0.05) is 23.6 Å². The number of ether oxygens (including phenoxy) is 1. The second-order valence-electron chi connectivity index (χ2n) is 4.62. The third-order valence-corrected chi connectivity index (χ3v) is 4.13. The highest BCUT2D eigenvalue weighted by Crippen LogP contribution is 2.28. The molecule has 1 saturated heterocycles. The molecule has 2 aliphatic rings. The number of rotatable bonds is 1. The van der Waals surface area contributed by atoms with Gasteiger partial charge in [0.15, 0.2) is 0 Å². The van der Waals surface area contributed by atoms with E-state index < -0.39 is 0 Å². The Morgan fingerprint density at radius 3 is 2.69 bits per heavy atom. The van der Waals surface area contributed by atoms with Gasteiger partial charge in [-0.1, -0.05) is 22.0 Å². The van der Waals surface area contributed by atoms with E-state index in [2.05, 4.69) is 39.0 Å². The molecule has 0 N–H and O–H groups in total. The van der Waals surface area contributed by atoms with Gasteiger partial charge in [0.2, 0.25) is 0 Å². The van der Waals surface area contributed by atoms with E-state index in [1.807, 2.05) is 0 Å². The molecule has 0 spiro atoms. The molecule has 16 heavy (non-hydrogen) atoms. The van der Waals surface area contributed by atoms with Crippen LogP contribution in [0.4, 0.5) is 0 Å². The van der Waals surface area contributed by atoms with Gasteiger partial charge in [-0.25, -0.2) is 0 Å². The molecule has 0 saturated carbocycles. The number of halogens is 1. The van der Waals surface area contributed by atoms with Gasteiger partial charge in [0.25, 0.3) is 0 Å². The lowest BCUT2D eigenvalue weighted by atomic mass is 10.1. The van der Waals surface area contributed by atoms with Crippen molar-refractivity contribution in [1.82, 2.24) is 4.90 Å². The molecule has 0 bridgehead atoms. The van der Waals surface area contributed by atoms with Crippen LogP contribution in [0.15, 0.2) is 22.7 Å². The van der Waals surface area contributed by atoms with Crippen LogP contribution in [0.5, 0.6) is 0 Å². The third kappa shape index (κ3) is 2.04. The van der Waals surface area contributed by atoms with E-state index in [1.54, 1.807) is 0 Å². The van der Waals surface area contributed by atoms with Gasteiger partial charge in [0.1, 0.15) is 0 Å². The van der Waals surface area contributed by atoms with Gasteiger partial charge < -0.3 is 4.74 Å². The highest BCUT2D eigenvalue weighted by Gasteiger charge is 2.27. The molecule has 86 valence electrons. The predicted molar refractivity (Wildman–Crippen MR) is 67.7 cm³/mol. The van der Waals surface area contributed by atoms with Gasteiger partial charge in [0.05, 0.1) is 13.2 Å². The number of benzene rings is 1. The maximum Gasteiger partial charge on any atom is 0.0594 e. The summed E-state index contributed by atoms with van der Waals surface area (Å²) in [6.45, 7) is 3.99. The zero-order valence-electron chi connectivity index (χ0n) is 9.29. The Morgan fingerprint density at radius 2 is 1.88 bits per heavy atom. The molecule has 0 aromatic heterocycles. The van der Waals surface area contributed by atoms with E-state index in [1.165, 1.54) is 28.4 Å². The van der Waals surface area contributed by atoms with Gasteiger partial charge >= 0.3 is 0 Å². The van der Waals surface area contributed by atoms with Crippen molar-refractivity contribution in [2.75, 3.05) is 26.3 Å². The van der Waals surface area contributed by atoms with E-state index in [9.17, 15) is 0 Å². The minimum absolute atomic E-state index is 0.702. The first-order valence-electron chi connectivity index (χ1n) is 5.92. The molecule has 2 nitrogen and oxygen atoms in total. The number of nitrogens with zero attached hydrogens (tertiary/aromatic N) is 1. The molecule has 0 radical (unpaired) electrons. The van der Waals surface area contributed by atoms with Crippen LogP contribution in [0.3, 0.4) is 0 Å². The van der Waals surface area contributed by atoms with E-state index >= 15 is 0 Å². The Balaban J connectivity index is 1.74. The normalized spacial score (nSPS) is 25.7. The van der Waals surface area contributed by atoms with Crippen LogP contribution < -0.4 is 0 Å². The molecule has 1 aromatic carbocycles. The molecule has 1 aliphatic carbocycles. The van der Waals surface area contributed by atoms with Crippen LogP contribution >= 0.6 is 15.9 Å². The van der Waals surface area contributed by atoms with Gasteiger partial charge in [-0.15, -0.1) is 0 Å². The summed E-state index contributed by atoms with van der Waals surface area (Å²) < 4.78 is 6.61. The van der Waals surface area contributed by atoms with Crippen LogP contribution in [0.1, 0.15) is 11.1 Å². The van der Waals surface area contributed by atoms with Gasteiger partial charge in [-0.05, 0) is 36.1 Å². The number of morpholine rings is 1. The van der Waals surface area contributed by atoms with Gasteiger partial charge in [-0.3, -0.25) is 4.90 Å². The lowest BCUT2D eigenvalue weighted by Crippen LogP contribution is -2.43. The van der Waals surface area contributed by atoms with E-state index in [0.717, 1.165) is 26.3 Å². The monoisotopic (exact) mass is 281 g/mol. The summed E-state index contributed by atoms with van der Waals surface area (Å²) in [5, 5.41) is 0. The Bertz CT molecular complexity index is 388. The lowest BCUT2D eigenvalue weighted by molar-refractivity contribution is 0.0187. The van der Waals surface area contributed by atoms with E-state index in [-0.39, 0.29) is 0 Å². The maximum absolute atomic E-state index is 5.41. The average Bonchev–Trinajstić information content (AvgIpc) is 2.73. The highest BCUT2D eigenvalue weighted by molar-refractivity contribution is 9.10. The fourth-order valence-electron chi connectivity index (χ4n) is 2.76. The van der Waals surface area contributed by atoms with Crippen molar-refractivity contribution in [1.29, 1.82) is 0 Å². The Labute approximate surface area is 105 Å². The average molecular weight is 282 g/mol. The number of hydrogen-bond acceptors (Lipinski definition) is 2. The molecule has 1 atom stereocenters. The van der Waals surface area contributed by atoms with Gasteiger partial charge in [-0.2, -0.15) is 0 Å². The summed E-state index contributed by atoms with van der Waals surface area (Å²) in [6.07, 6.45) is 2.41. The molecular weight excluding hydrogens is 266 g/mol. The molecule has 3 rings (SSSR count). The highest BCUT2D eigenvalue weighted by atomic mass is 79.9. The number of hydrogen-bond donors (Lipinski definition) is 0. The van der Waals surface area contributed by atoms with Crippen molar-refractivity contribution in [3.05, 3.63) is 33.8 Å². The van der Waals surface area contributed by atoms with Crippen molar-refractivity contribution in [2.45, 2.75) is 18.9 Å². The molecule has 1 aromatic rings. The first-order valence-corrected chi connectivity index (χ1v) is 6.71. The smallest absolute Gasteiger partial charge is 0.0594 e. The van der Waals surface area contributed by atoms with Crippen LogP contribution in [0.2, 0.25) is 0 Å². The van der Waals surface area contributed by atoms with Crippen LogP contribution in [0.25, 0.3) is 0 Å².